The summed E-state index contributed by atoms with van der Waals surface area (Å²) in [7, 11) is -3.18. The zero-order valence-electron chi connectivity index (χ0n) is 10.6. The average molecular weight is 269 g/mol. The normalized spacial score (nSPS) is 12.6. The van der Waals surface area contributed by atoms with Gasteiger partial charge in [-0.25, -0.2) is 13.1 Å². The molecule has 0 amide bonds. The molecule has 4 N–H and O–H groups in total. The number of rotatable bonds is 10. The van der Waals surface area contributed by atoms with Crippen LogP contribution in [0.4, 0.5) is 0 Å². The molecule has 0 aromatic rings. The quantitative estimate of drug-likeness (QED) is 0.332. The molecule has 0 saturated carbocycles. The Bertz CT molecular complexity index is 274. The lowest BCUT2D eigenvalue weighted by atomic mass is 10.3. The summed E-state index contributed by atoms with van der Waals surface area (Å²) in [5.41, 5.74) is 0. The predicted octanol–water partition coefficient (Wildman–Crippen LogP) is -2.43. The molecule has 0 aliphatic heterocycles. The van der Waals surface area contributed by atoms with Gasteiger partial charge in [0.1, 0.15) is 13.1 Å². The van der Waals surface area contributed by atoms with Crippen LogP contribution >= 0.6 is 0 Å². The second kappa shape index (κ2) is 8.82. The summed E-state index contributed by atoms with van der Waals surface area (Å²) in [5.74, 6) is 0. The molecular formula is C10H25N2O4S+. The predicted molar refractivity (Wildman–Crippen MR) is 66.4 cm³/mol. The van der Waals surface area contributed by atoms with Crippen LogP contribution in [0, 0.1) is 0 Å². The van der Waals surface area contributed by atoms with Gasteiger partial charge < -0.3 is 15.1 Å². The van der Waals surface area contributed by atoms with Crippen molar-refractivity contribution in [1.29, 1.82) is 0 Å². The Kier molecular flexibility index (Phi) is 8.71. The van der Waals surface area contributed by atoms with Crippen LogP contribution < -0.4 is 9.62 Å². The van der Waals surface area contributed by atoms with Gasteiger partial charge >= 0.3 is 0 Å². The fourth-order valence-corrected chi connectivity index (χ4v) is 2.17. The van der Waals surface area contributed by atoms with Crippen LogP contribution in [0.15, 0.2) is 0 Å². The Hall–Kier alpha value is -0.210. The molecule has 0 radical (unpaired) electrons. The highest BCUT2D eigenvalue weighted by Crippen LogP contribution is 1.94. The van der Waals surface area contributed by atoms with Crippen LogP contribution in [0.3, 0.4) is 0 Å². The first-order valence-electron chi connectivity index (χ1n) is 5.97. The summed E-state index contributed by atoms with van der Waals surface area (Å²) in [6.45, 7) is 5.73. The van der Waals surface area contributed by atoms with Gasteiger partial charge in [-0.1, -0.05) is 0 Å². The van der Waals surface area contributed by atoms with Crippen LogP contribution in [0.1, 0.15) is 20.3 Å². The molecule has 0 aromatic heterocycles. The molecule has 0 saturated heterocycles. The summed E-state index contributed by atoms with van der Waals surface area (Å²) in [5, 5.41) is 17.2. The van der Waals surface area contributed by atoms with Crippen LogP contribution in [0.5, 0.6) is 0 Å². The standard InChI is InChI=1S/C10H24N2O4S/c1-10(2)17(15,16)11-4-3-5-12(6-8-13)7-9-14/h10-11,13-14H,3-9H2,1-2H3/p+1. The number of nitrogens with one attached hydrogen (secondary N) is 2. The summed E-state index contributed by atoms with van der Waals surface area (Å²) >= 11 is 0. The van der Waals surface area contributed by atoms with Gasteiger partial charge in [0.2, 0.25) is 10.0 Å². The van der Waals surface area contributed by atoms with Crippen molar-refractivity contribution in [2.75, 3.05) is 39.4 Å². The third-order valence-corrected chi connectivity index (χ3v) is 4.41. The first-order valence-corrected chi connectivity index (χ1v) is 7.52. The minimum Gasteiger partial charge on any atom is -0.391 e. The minimum atomic E-state index is -3.18. The van der Waals surface area contributed by atoms with Crippen LogP contribution in [-0.2, 0) is 10.0 Å². The van der Waals surface area contributed by atoms with Crippen LogP contribution in [0.2, 0.25) is 0 Å². The van der Waals surface area contributed by atoms with E-state index in [-0.39, 0.29) is 13.2 Å². The van der Waals surface area contributed by atoms with Gasteiger partial charge in [-0.2, -0.15) is 0 Å². The topological polar surface area (TPSA) is 91.1 Å². The van der Waals surface area contributed by atoms with E-state index >= 15 is 0 Å². The van der Waals surface area contributed by atoms with E-state index in [1.54, 1.807) is 13.8 Å². The van der Waals surface area contributed by atoms with Crippen molar-refractivity contribution in [3.63, 3.8) is 0 Å². The van der Waals surface area contributed by atoms with E-state index in [1.807, 2.05) is 0 Å². The minimum absolute atomic E-state index is 0.0764. The smallest absolute Gasteiger partial charge is 0.213 e. The molecule has 0 spiro atoms. The Balaban J connectivity index is 3.82. The van der Waals surface area contributed by atoms with Gasteiger partial charge in [0.05, 0.1) is 25.0 Å². The highest BCUT2D eigenvalue weighted by Gasteiger charge is 2.15. The lowest BCUT2D eigenvalue weighted by Gasteiger charge is -2.17. The lowest BCUT2D eigenvalue weighted by Crippen LogP contribution is -3.13. The van der Waals surface area contributed by atoms with E-state index in [9.17, 15) is 8.42 Å². The maximum absolute atomic E-state index is 11.4. The summed E-state index contributed by atoms with van der Waals surface area (Å²) < 4.78 is 25.4. The first-order chi connectivity index (χ1) is 7.94. The zero-order chi connectivity index (χ0) is 13.3. The average Bonchev–Trinajstić information content (AvgIpc) is 2.24. The molecule has 0 heterocycles. The Morgan fingerprint density at radius 2 is 1.65 bits per heavy atom. The van der Waals surface area contributed by atoms with Crippen molar-refractivity contribution in [3.8, 4) is 0 Å². The molecule has 17 heavy (non-hydrogen) atoms. The third-order valence-electron chi connectivity index (χ3n) is 2.56. The third kappa shape index (κ3) is 7.67. The number of hydrogen-bond acceptors (Lipinski definition) is 4. The van der Waals surface area contributed by atoms with Gasteiger partial charge in [-0.3, -0.25) is 0 Å². The molecule has 0 atom stereocenters. The van der Waals surface area contributed by atoms with Crippen molar-refractivity contribution in [1.82, 2.24) is 4.72 Å². The SMILES string of the molecule is CC(C)S(=O)(=O)NCCC[NH+](CCO)CCO. The Labute approximate surface area is 104 Å². The highest BCUT2D eigenvalue weighted by atomic mass is 32.2. The molecule has 6 nitrogen and oxygen atoms in total. The second-order valence-electron chi connectivity index (χ2n) is 4.29. The number of hydrogen-bond donors (Lipinski definition) is 4. The van der Waals surface area contributed by atoms with Gasteiger partial charge in [-0.05, 0) is 13.8 Å². The fraction of sp³-hybridized carbons (Fsp3) is 1.00. The molecule has 0 aliphatic rings. The maximum Gasteiger partial charge on any atom is 0.213 e. The molecule has 0 aromatic carbocycles. The summed E-state index contributed by atoms with van der Waals surface area (Å²) in [6.07, 6.45) is 0.696. The lowest BCUT2D eigenvalue weighted by molar-refractivity contribution is -0.900. The van der Waals surface area contributed by atoms with Gasteiger partial charge in [0.15, 0.2) is 0 Å². The second-order valence-corrected chi connectivity index (χ2v) is 6.61. The van der Waals surface area contributed by atoms with E-state index in [0.29, 0.717) is 26.1 Å². The van der Waals surface area contributed by atoms with Gasteiger partial charge in [0, 0.05) is 13.0 Å². The van der Waals surface area contributed by atoms with E-state index in [0.717, 1.165) is 11.4 Å². The largest absolute Gasteiger partial charge is 0.391 e. The molecule has 104 valence electrons. The molecule has 0 bridgehead atoms. The Morgan fingerprint density at radius 3 is 2.06 bits per heavy atom. The van der Waals surface area contributed by atoms with E-state index in [2.05, 4.69) is 4.72 Å². The number of aliphatic hydroxyl groups excluding tert-OH is 2. The molecular weight excluding hydrogens is 244 g/mol. The zero-order valence-corrected chi connectivity index (χ0v) is 11.5. The van der Waals surface area contributed by atoms with Gasteiger partial charge in [0.25, 0.3) is 0 Å². The molecule has 0 rings (SSSR count). The summed E-state index contributed by atoms with van der Waals surface area (Å²) in [6, 6.07) is 0. The number of quaternary nitrogens is 1. The molecule has 0 unspecified atom stereocenters. The van der Waals surface area contributed by atoms with Gasteiger partial charge in [-0.15, -0.1) is 0 Å². The fourth-order valence-electron chi connectivity index (χ4n) is 1.41. The molecule has 0 fully saturated rings. The van der Waals surface area contributed by atoms with E-state index in [1.165, 1.54) is 0 Å². The molecule has 7 heteroatoms. The highest BCUT2D eigenvalue weighted by molar-refractivity contribution is 7.90. The maximum atomic E-state index is 11.4. The first kappa shape index (κ1) is 16.8. The number of aliphatic hydroxyl groups is 2. The van der Waals surface area contributed by atoms with E-state index in [4.69, 9.17) is 10.2 Å². The van der Waals surface area contributed by atoms with Crippen molar-refractivity contribution in [2.24, 2.45) is 0 Å². The molecule has 0 aliphatic carbocycles. The Morgan fingerprint density at radius 1 is 1.12 bits per heavy atom. The van der Waals surface area contributed by atoms with Crippen LogP contribution in [-0.4, -0.2) is 63.3 Å². The van der Waals surface area contributed by atoms with Crippen LogP contribution in [0.25, 0.3) is 0 Å². The number of sulfonamides is 1. The monoisotopic (exact) mass is 269 g/mol. The van der Waals surface area contributed by atoms with Crippen molar-refractivity contribution >= 4 is 10.0 Å². The van der Waals surface area contributed by atoms with E-state index < -0.39 is 15.3 Å². The summed E-state index contributed by atoms with van der Waals surface area (Å²) in [4.78, 5) is 1.08. The van der Waals surface area contributed by atoms with Crippen molar-refractivity contribution in [2.45, 2.75) is 25.5 Å². The van der Waals surface area contributed by atoms with Crippen molar-refractivity contribution in [3.05, 3.63) is 0 Å². The van der Waals surface area contributed by atoms with Crippen molar-refractivity contribution < 1.29 is 23.5 Å².